The zero-order valence-corrected chi connectivity index (χ0v) is 14.7. The lowest BCUT2D eigenvalue weighted by molar-refractivity contribution is 0.102. The minimum Gasteiger partial charge on any atom is -0.494 e. The summed E-state index contributed by atoms with van der Waals surface area (Å²) in [6, 6.07) is 15.1. The summed E-state index contributed by atoms with van der Waals surface area (Å²) in [4.78, 5) is 20.7. The van der Waals surface area contributed by atoms with Gasteiger partial charge in [-0.25, -0.2) is 9.97 Å². The number of carbonyl (C=O) groups excluding carboxylic acids is 1. The van der Waals surface area contributed by atoms with E-state index in [1.807, 2.05) is 50.2 Å². The van der Waals surface area contributed by atoms with Gasteiger partial charge in [0, 0.05) is 23.8 Å². The zero-order valence-electron chi connectivity index (χ0n) is 14.7. The normalized spacial score (nSPS) is 10.2. The van der Waals surface area contributed by atoms with Gasteiger partial charge >= 0.3 is 0 Å². The molecule has 0 aliphatic carbocycles. The summed E-state index contributed by atoms with van der Waals surface area (Å²) in [6.45, 7) is 4.53. The Morgan fingerprint density at radius 3 is 2.38 bits per heavy atom. The second kappa shape index (κ2) is 8.11. The fraction of sp³-hybridized carbons (Fsp3) is 0.150. The number of aromatic nitrogens is 2. The SMILES string of the molecule is CCOc1ccc(NC(=O)c2cnc(Nc3ccccc3C)nc2)cc1. The van der Waals surface area contributed by atoms with E-state index in [2.05, 4.69) is 20.6 Å². The van der Waals surface area contributed by atoms with Crippen molar-refractivity contribution in [3.63, 3.8) is 0 Å². The van der Waals surface area contributed by atoms with Crippen molar-refractivity contribution in [2.24, 2.45) is 0 Å². The molecule has 6 nitrogen and oxygen atoms in total. The second-order valence-electron chi connectivity index (χ2n) is 5.65. The van der Waals surface area contributed by atoms with Gasteiger partial charge in [0.05, 0.1) is 12.2 Å². The van der Waals surface area contributed by atoms with Crippen molar-refractivity contribution in [3.8, 4) is 5.75 Å². The van der Waals surface area contributed by atoms with Gasteiger partial charge in [0.15, 0.2) is 0 Å². The summed E-state index contributed by atoms with van der Waals surface area (Å²) in [5, 5.41) is 5.95. The number of para-hydroxylation sites is 1. The Morgan fingerprint density at radius 2 is 1.73 bits per heavy atom. The van der Waals surface area contributed by atoms with Crippen molar-refractivity contribution in [3.05, 3.63) is 72.1 Å². The first-order valence-corrected chi connectivity index (χ1v) is 8.34. The average Bonchev–Trinajstić information content (AvgIpc) is 2.66. The molecule has 3 aromatic rings. The number of nitrogens with one attached hydrogen (secondary N) is 2. The lowest BCUT2D eigenvalue weighted by Crippen LogP contribution is -2.13. The van der Waals surface area contributed by atoms with Crippen LogP contribution in [0, 0.1) is 6.92 Å². The van der Waals surface area contributed by atoms with Crippen LogP contribution in [0.4, 0.5) is 17.3 Å². The summed E-state index contributed by atoms with van der Waals surface area (Å²) >= 11 is 0. The standard InChI is InChI=1S/C20H20N4O2/c1-3-26-17-10-8-16(9-11-17)23-19(25)15-12-21-20(22-13-15)24-18-7-5-4-6-14(18)2/h4-13H,3H2,1-2H3,(H,23,25)(H,21,22,24). The first-order chi connectivity index (χ1) is 12.7. The molecule has 0 bridgehead atoms. The number of nitrogens with zero attached hydrogens (tertiary/aromatic N) is 2. The summed E-state index contributed by atoms with van der Waals surface area (Å²) < 4.78 is 5.38. The molecule has 0 atom stereocenters. The quantitative estimate of drug-likeness (QED) is 0.699. The third-order valence-electron chi connectivity index (χ3n) is 3.73. The Bertz CT molecular complexity index is 877. The lowest BCUT2D eigenvalue weighted by atomic mass is 10.2. The monoisotopic (exact) mass is 348 g/mol. The molecule has 0 saturated carbocycles. The zero-order chi connectivity index (χ0) is 18.4. The van der Waals surface area contributed by atoms with E-state index in [1.165, 1.54) is 12.4 Å². The maximum Gasteiger partial charge on any atom is 0.258 e. The van der Waals surface area contributed by atoms with Gasteiger partial charge in [-0.05, 0) is 49.7 Å². The van der Waals surface area contributed by atoms with E-state index in [9.17, 15) is 4.79 Å². The molecule has 6 heteroatoms. The minimum atomic E-state index is -0.267. The number of carbonyl (C=O) groups is 1. The Kier molecular flexibility index (Phi) is 5.43. The fourth-order valence-corrected chi connectivity index (χ4v) is 2.35. The Labute approximate surface area is 152 Å². The average molecular weight is 348 g/mol. The number of hydrogen-bond acceptors (Lipinski definition) is 5. The molecule has 0 saturated heterocycles. The van der Waals surface area contributed by atoms with Gasteiger partial charge in [0.2, 0.25) is 5.95 Å². The largest absolute Gasteiger partial charge is 0.494 e. The Balaban J connectivity index is 1.64. The Hall–Kier alpha value is -3.41. The molecule has 1 aromatic heterocycles. The van der Waals surface area contributed by atoms with Gasteiger partial charge in [0.1, 0.15) is 5.75 Å². The molecule has 26 heavy (non-hydrogen) atoms. The third-order valence-corrected chi connectivity index (χ3v) is 3.73. The lowest BCUT2D eigenvalue weighted by Gasteiger charge is -2.09. The molecule has 1 amide bonds. The number of hydrogen-bond donors (Lipinski definition) is 2. The van der Waals surface area contributed by atoms with E-state index in [0.717, 1.165) is 17.0 Å². The van der Waals surface area contributed by atoms with Crippen LogP contribution >= 0.6 is 0 Å². The van der Waals surface area contributed by atoms with E-state index < -0.39 is 0 Å². The minimum absolute atomic E-state index is 0.267. The van der Waals surface area contributed by atoms with Crippen LogP contribution in [0.15, 0.2) is 60.9 Å². The Morgan fingerprint density at radius 1 is 1.04 bits per heavy atom. The smallest absolute Gasteiger partial charge is 0.258 e. The summed E-state index contributed by atoms with van der Waals surface area (Å²) in [5.74, 6) is 0.939. The van der Waals surface area contributed by atoms with Crippen molar-refractivity contribution >= 4 is 23.2 Å². The summed E-state index contributed by atoms with van der Waals surface area (Å²) in [7, 11) is 0. The second-order valence-corrected chi connectivity index (χ2v) is 5.65. The van der Waals surface area contributed by atoms with Crippen LogP contribution in [-0.4, -0.2) is 22.5 Å². The van der Waals surface area contributed by atoms with E-state index in [0.29, 0.717) is 23.8 Å². The van der Waals surface area contributed by atoms with Crippen LogP contribution in [0.1, 0.15) is 22.8 Å². The summed E-state index contributed by atoms with van der Waals surface area (Å²) in [5.41, 5.74) is 3.09. The molecule has 0 aliphatic heterocycles. The molecule has 0 radical (unpaired) electrons. The topological polar surface area (TPSA) is 76.1 Å². The highest BCUT2D eigenvalue weighted by Gasteiger charge is 2.08. The number of aryl methyl sites for hydroxylation is 1. The molecule has 3 rings (SSSR count). The molecule has 2 N–H and O–H groups in total. The van der Waals surface area contributed by atoms with Crippen LogP contribution in [-0.2, 0) is 0 Å². The highest BCUT2D eigenvalue weighted by molar-refractivity contribution is 6.03. The van der Waals surface area contributed by atoms with Crippen LogP contribution in [0.3, 0.4) is 0 Å². The number of ether oxygens (including phenoxy) is 1. The van der Waals surface area contributed by atoms with Crippen molar-refractivity contribution in [1.29, 1.82) is 0 Å². The van der Waals surface area contributed by atoms with E-state index in [-0.39, 0.29) is 5.91 Å². The third kappa shape index (κ3) is 4.36. The molecule has 1 heterocycles. The van der Waals surface area contributed by atoms with Gasteiger partial charge in [0.25, 0.3) is 5.91 Å². The molecular weight excluding hydrogens is 328 g/mol. The molecular formula is C20H20N4O2. The van der Waals surface area contributed by atoms with Gasteiger partial charge < -0.3 is 15.4 Å². The van der Waals surface area contributed by atoms with E-state index >= 15 is 0 Å². The van der Waals surface area contributed by atoms with Gasteiger partial charge in [-0.2, -0.15) is 0 Å². The molecule has 0 aliphatic rings. The van der Waals surface area contributed by atoms with Crippen molar-refractivity contribution in [2.75, 3.05) is 17.2 Å². The maximum absolute atomic E-state index is 12.3. The van der Waals surface area contributed by atoms with Crippen LogP contribution in [0.2, 0.25) is 0 Å². The highest BCUT2D eigenvalue weighted by Crippen LogP contribution is 2.18. The van der Waals surface area contributed by atoms with Gasteiger partial charge in [-0.15, -0.1) is 0 Å². The predicted octanol–water partition coefficient (Wildman–Crippen LogP) is 4.18. The van der Waals surface area contributed by atoms with Gasteiger partial charge in [-0.3, -0.25) is 4.79 Å². The molecule has 132 valence electrons. The summed E-state index contributed by atoms with van der Waals surface area (Å²) in [6.07, 6.45) is 3.00. The number of benzene rings is 2. The maximum atomic E-state index is 12.3. The number of anilines is 3. The first kappa shape index (κ1) is 17.4. The number of rotatable bonds is 6. The van der Waals surface area contributed by atoms with Crippen LogP contribution < -0.4 is 15.4 Å². The molecule has 2 aromatic carbocycles. The van der Waals surface area contributed by atoms with Crippen molar-refractivity contribution in [1.82, 2.24) is 9.97 Å². The van der Waals surface area contributed by atoms with E-state index in [1.54, 1.807) is 12.1 Å². The van der Waals surface area contributed by atoms with Crippen LogP contribution in [0.5, 0.6) is 5.75 Å². The fourth-order valence-electron chi connectivity index (χ4n) is 2.35. The molecule has 0 unspecified atom stereocenters. The van der Waals surface area contributed by atoms with Crippen molar-refractivity contribution in [2.45, 2.75) is 13.8 Å². The predicted molar refractivity (Wildman–Crippen MR) is 102 cm³/mol. The van der Waals surface area contributed by atoms with Gasteiger partial charge in [-0.1, -0.05) is 18.2 Å². The highest BCUT2D eigenvalue weighted by atomic mass is 16.5. The first-order valence-electron chi connectivity index (χ1n) is 8.34. The van der Waals surface area contributed by atoms with Crippen molar-refractivity contribution < 1.29 is 9.53 Å². The van der Waals surface area contributed by atoms with Crippen LogP contribution in [0.25, 0.3) is 0 Å². The van der Waals surface area contributed by atoms with E-state index in [4.69, 9.17) is 4.74 Å². The number of amides is 1. The molecule has 0 fully saturated rings. The molecule has 0 spiro atoms.